The van der Waals surface area contributed by atoms with Crippen molar-refractivity contribution in [2.24, 2.45) is 0 Å². The summed E-state index contributed by atoms with van der Waals surface area (Å²) >= 11 is 3.29. The lowest BCUT2D eigenvalue weighted by atomic mass is 10.2. The first kappa shape index (κ1) is 9.40. The van der Waals surface area contributed by atoms with Crippen LogP contribution in [0.1, 0.15) is 25.7 Å². The molecule has 0 saturated heterocycles. The molecular weight excluding hydrogens is 184 g/mol. The summed E-state index contributed by atoms with van der Waals surface area (Å²) in [5.74, 6) is 0. The highest BCUT2D eigenvalue weighted by atomic mass is 79.9. The molecule has 0 fully saturated rings. The van der Waals surface area contributed by atoms with Crippen molar-refractivity contribution >= 4 is 15.9 Å². The van der Waals surface area contributed by atoms with Gasteiger partial charge in [0.25, 0.3) is 0 Å². The highest BCUT2D eigenvalue weighted by molar-refractivity contribution is 9.09. The van der Waals surface area contributed by atoms with Crippen LogP contribution in [0, 0.1) is 0 Å². The molecule has 0 aliphatic heterocycles. The molecule has 3 heteroatoms. The van der Waals surface area contributed by atoms with Crippen LogP contribution in [-0.4, -0.2) is 21.8 Å². The lowest BCUT2D eigenvalue weighted by Gasteiger charge is -2.00. The first-order valence-corrected chi connectivity index (χ1v) is 4.31. The van der Waals surface area contributed by atoms with Gasteiger partial charge in [-0.15, -0.1) is 0 Å². The third-order valence-electron chi connectivity index (χ3n) is 1.10. The monoisotopic (exact) mass is 196 g/mol. The van der Waals surface area contributed by atoms with Crippen molar-refractivity contribution in [1.29, 1.82) is 0 Å². The SMILES string of the molecule is OC(O)CCCCCBr. The van der Waals surface area contributed by atoms with E-state index in [1.807, 2.05) is 0 Å². The molecule has 0 rings (SSSR count). The largest absolute Gasteiger partial charge is 0.368 e. The molecule has 0 amide bonds. The smallest absolute Gasteiger partial charge is 0.151 e. The number of rotatable bonds is 5. The summed E-state index contributed by atoms with van der Waals surface area (Å²) in [6.07, 6.45) is 2.49. The van der Waals surface area contributed by atoms with E-state index in [0.717, 1.165) is 24.6 Å². The normalized spacial score (nSPS) is 10.7. The van der Waals surface area contributed by atoms with E-state index >= 15 is 0 Å². The van der Waals surface area contributed by atoms with E-state index in [0.29, 0.717) is 6.42 Å². The fraction of sp³-hybridized carbons (Fsp3) is 1.00. The topological polar surface area (TPSA) is 40.5 Å². The number of aliphatic hydroxyl groups is 2. The Morgan fingerprint density at radius 1 is 1.11 bits per heavy atom. The number of hydrogen-bond donors (Lipinski definition) is 2. The van der Waals surface area contributed by atoms with Crippen LogP contribution in [0.2, 0.25) is 0 Å². The van der Waals surface area contributed by atoms with E-state index in [2.05, 4.69) is 15.9 Å². The molecule has 0 radical (unpaired) electrons. The summed E-state index contributed by atoms with van der Waals surface area (Å²) in [5.41, 5.74) is 0. The minimum Gasteiger partial charge on any atom is -0.368 e. The fourth-order valence-electron chi connectivity index (χ4n) is 0.598. The maximum atomic E-state index is 8.40. The molecule has 0 bridgehead atoms. The van der Waals surface area contributed by atoms with Crippen LogP contribution in [0.5, 0.6) is 0 Å². The van der Waals surface area contributed by atoms with Gasteiger partial charge in [0.05, 0.1) is 0 Å². The van der Waals surface area contributed by atoms with Gasteiger partial charge in [-0.2, -0.15) is 0 Å². The Bertz CT molecular complexity index is 57.0. The standard InChI is InChI=1S/C6H13BrO2/c7-5-3-1-2-4-6(8)9/h6,8-9H,1-5H2. The Morgan fingerprint density at radius 3 is 2.22 bits per heavy atom. The van der Waals surface area contributed by atoms with Crippen molar-refractivity contribution in [3.05, 3.63) is 0 Å². The van der Waals surface area contributed by atoms with Crippen LogP contribution < -0.4 is 0 Å². The molecule has 0 aromatic rings. The van der Waals surface area contributed by atoms with Crippen LogP contribution in [0.25, 0.3) is 0 Å². The van der Waals surface area contributed by atoms with Gasteiger partial charge in [0.15, 0.2) is 6.29 Å². The van der Waals surface area contributed by atoms with Gasteiger partial charge in [-0.3, -0.25) is 0 Å². The minimum absolute atomic E-state index is 0.507. The van der Waals surface area contributed by atoms with Gasteiger partial charge in [0.1, 0.15) is 0 Å². The summed E-state index contributed by atoms with van der Waals surface area (Å²) in [5, 5.41) is 17.8. The predicted molar refractivity (Wildman–Crippen MR) is 40.5 cm³/mol. The number of halogens is 1. The van der Waals surface area contributed by atoms with E-state index in [1.54, 1.807) is 0 Å². The number of hydrogen-bond acceptors (Lipinski definition) is 2. The highest BCUT2D eigenvalue weighted by Crippen LogP contribution is 2.02. The van der Waals surface area contributed by atoms with E-state index in [1.165, 1.54) is 0 Å². The zero-order chi connectivity index (χ0) is 7.11. The Balaban J connectivity index is 2.75. The first-order chi connectivity index (χ1) is 4.27. The maximum Gasteiger partial charge on any atom is 0.151 e. The third kappa shape index (κ3) is 8.40. The summed E-state index contributed by atoms with van der Waals surface area (Å²) < 4.78 is 0. The van der Waals surface area contributed by atoms with Crippen molar-refractivity contribution in [1.82, 2.24) is 0 Å². The quantitative estimate of drug-likeness (QED) is 0.395. The zero-order valence-corrected chi connectivity index (χ0v) is 6.97. The Labute approximate surface area is 64.0 Å². The average Bonchev–Trinajstić information content (AvgIpc) is 1.80. The van der Waals surface area contributed by atoms with Gasteiger partial charge in [-0.1, -0.05) is 22.4 Å². The summed E-state index contributed by atoms with van der Waals surface area (Å²) in [4.78, 5) is 0. The number of alkyl halides is 1. The van der Waals surface area contributed by atoms with Crippen molar-refractivity contribution < 1.29 is 10.2 Å². The summed E-state index contributed by atoms with van der Waals surface area (Å²) in [6, 6.07) is 0. The van der Waals surface area contributed by atoms with Crippen LogP contribution in [0.4, 0.5) is 0 Å². The molecule has 0 spiro atoms. The van der Waals surface area contributed by atoms with E-state index in [-0.39, 0.29) is 0 Å². The second kappa shape index (κ2) is 6.52. The van der Waals surface area contributed by atoms with Crippen LogP contribution >= 0.6 is 15.9 Å². The van der Waals surface area contributed by atoms with E-state index in [9.17, 15) is 0 Å². The first-order valence-electron chi connectivity index (χ1n) is 3.19. The molecule has 0 aliphatic rings. The molecule has 0 unspecified atom stereocenters. The third-order valence-corrected chi connectivity index (χ3v) is 1.66. The second-order valence-electron chi connectivity index (χ2n) is 2.02. The van der Waals surface area contributed by atoms with Crippen LogP contribution in [-0.2, 0) is 0 Å². The molecule has 56 valence electrons. The predicted octanol–water partition coefficient (Wildman–Crippen LogP) is 1.25. The second-order valence-corrected chi connectivity index (χ2v) is 2.81. The van der Waals surface area contributed by atoms with Crippen LogP contribution in [0.3, 0.4) is 0 Å². The Hall–Kier alpha value is 0.400. The van der Waals surface area contributed by atoms with Gasteiger partial charge in [0.2, 0.25) is 0 Å². The van der Waals surface area contributed by atoms with Crippen molar-refractivity contribution in [2.75, 3.05) is 5.33 Å². The molecule has 2 N–H and O–H groups in total. The van der Waals surface area contributed by atoms with Gasteiger partial charge < -0.3 is 10.2 Å². The van der Waals surface area contributed by atoms with Gasteiger partial charge in [0, 0.05) is 5.33 Å². The lowest BCUT2D eigenvalue weighted by molar-refractivity contribution is -0.0465. The Kier molecular flexibility index (Phi) is 6.81. The molecule has 2 nitrogen and oxygen atoms in total. The molecule has 0 atom stereocenters. The van der Waals surface area contributed by atoms with Gasteiger partial charge in [-0.25, -0.2) is 0 Å². The zero-order valence-electron chi connectivity index (χ0n) is 5.39. The Morgan fingerprint density at radius 2 is 1.78 bits per heavy atom. The molecule has 0 aromatic carbocycles. The van der Waals surface area contributed by atoms with Gasteiger partial charge in [-0.05, 0) is 19.3 Å². The average molecular weight is 197 g/mol. The molecule has 0 saturated carbocycles. The molecule has 9 heavy (non-hydrogen) atoms. The van der Waals surface area contributed by atoms with E-state index in [4.69, 9.17) is 10.2 Å². The molecule has 0 aromatic heterocycles. The summed E-state index contributed by atoms with van der Waals surface area (Å²) in [7, 11) is 0. The molecular formula is C6H13BrO2. The van der Waals surface area contributed by atoms with Crippen molar-refractivity contribution in [3.63, 3.8) is 0 Å². The summed E-state index contributed by atoms with van der Waals surface area (Å²) in [6.45, 7) is 0. The van der Waals surface area contributed by atoms with E-state index < -0.39 is 6.29 Å². The maximum absolute atomic E-state index is 8.40. The molecule has 0 aliphatic carbocycles. The highest BCUT2D eigenvalue weighted by Gasteiger charge is 1.94. The van der Waals surface area contributed by atoms with Gasteiger partial charge >= 0.3 is 0 Å². The lowest BCUT2D eigenvalue weighted by Crippen LogP contribution is -2.02. The van der Waals surface area contributed by atoms with Crippen molar-refractivity contribution in [3.8, 4) is 0 Å². The minimum atomic E-state index is -1.11. The molecule has 0 heterocycles. The fourth-order valence-corrected chi connectivity index (χ4v) is 0.995. The van der Waals surface area contributed by atoms with Crippen LogP contribution in [0.15, 0.2) is 0 Å². The number of unbranched alkanes of at least 4 members (excludes halogenated alkanes) is 2. The van der Waals surface area contributed by atoms with Crippen molar-refractivity contribution in [2.45, 2.75) is 32.0 Å². The number of aliphatic hydroxyl groups excluding tert-OH is 1.